The van der Waals surface area contributed by atoms with Crippen molar-refractivity contribution in [2.75, 3.05) is 33.2 Å². The minimum Gasteiger partial charge on any atom is -0.340 e. The Morgan fingerprint density at radius 2 is 2.11 bits per heavy atom. The zero-order valence-electron chi connectivity index (χ0n) is 17.0. The molecule has 0 bridgehead atoms. The maximum Gasteiger partial charge on any atom is 0.273 e. The molecule has 0 N–H and O–H groups in total. The molecule has 152 valence electrons. The van der Waals surface area contributed by atoms with Gasteiger partial charge in [-0.15, -0.1) is 11.3 Å². The molecule has 6 heteroatoms. The molecule has 0 radical (unpaired) electrons. The Bertz CT molecular complexity index is 774. The monoisotopic (exact) mass is 419 g/mol. The second kappa shape index (κ2) is 9.86. The molecule has 0 aliphatic carbocycles. The molecule has 0 spiro atoms. The Morgan fingerprint density at radius 1 is 1.36 bits per heavy atom. The van der Waals surface area contributed by atoms with Crippen molar-refractivity contribution in [1.29, 1.82) is 0 Å². The molecule has 28 heavy (non-hydrogen) atoms. The van der Waals surface area contributed by atoms with Crippen LogP contribution in [-0.2, 0) is 6.42 Å². The van der Waals surface area contributed by atoms with Gasteiger partial charge in [-0.3, -0.25) is 4.79 Å². The molecule has 1 amide bonds. The van der Waals surface area contributed by atoms with Crippen LogP contribution < -0.4 is 0 Å². The molecular weight excluding hydrogens is 390 g/mol. The number of amides is 1. The number of nitrogens with zero attached hydrogens (tertiary/aromatic N) is 3. The zero-order chi connectivity index (χ0) is 20.1. The van der Waals surface area contributed by atoms with Gasteiger partial charge in [0.1, 0.15) is 5.69 Å². The number of thiazole rings is 1. The second-order valence-corrected chi connectivity index (χ2v) is 9.42. The van der Waals surface area contributed by atoms with Crippen molar-refractivity contribution in [3.63, 3.8) is 0 Å². The van der Waals surface area contributed by atoms with E-state index in [2.05, 4.69) is 35.9 Å². The van der Waals surface area contributed by atoms with Crippen LogP contribution in [0, 0.1) is 5.92 Å². The van der Waals surface area contributed by atoms with E-state index in [0.29, 0.717) is 17.5 Å². The van der Waals surface area contributed by atoms with Gasteiger partial charge in [0, 0.05) is 43.0 Å². The molecule has 1 aromatic heterocycles. The number of piperidine rings is 1. The van der Waals surface area contributed by atoms with Crippen molar-refractivity contribution in [2.45, 2.75) is 39.0 Å². The first-order chi connectivity index (χ1) is 13.4. The third-order valence-electron chi connectivity index (χ3n) is 5.35. The van der Waals surface area contributed by atoms with Crippen molar-refractivity contribution >= 4 is 28.8 Å². The third kappa shape index (κ3) is 5.79. The summed E-state index contributed by atoms with van der Waals surface area (Å²) in [5.74, 6) is 0.932. The van der Waals surface area contributed by atoms with Gasteiger partial charge < -0.3 is 9.80 Å². The quantitative estimate of drug-likeness (QED) is 0.637. The summed E-state index contributed by atoms with van der Waals surface area (Å²) in [5, 5.41) is 3.71. The Kier molecular flexibility index (Phi) is 7.49. The summed E-state index contributed by atoms with van der Waals surface area (Å²) in [5.41, 5.74) is 1.91. The van der Waals surface area contributed by atoms with Crippen LogP contribution >= 0.6 is 22.9 Å². The molecule has 1 fully saturated rings. The van der Waals surface area contributed by atoms with Crippen molar-refractivity contribution in [3.05, 3.63) is 50.9 Å². The molecule has 2 aromatic rings. The highest BCUT2D eigenvalue weighted by Crippen LogP contribution is 2.22. The topological polar surface area (TPSA) is 36.4 Å². The Morgan fingerprint density at radius 3 is 2.79 bits per heavy atom. The normalized spacial score (nSPS) is 17.8. The molecule has 1 aromatic carbocycles. The largest absolute Gasteiger partial charge is 0.340 e. The lowest BCUT2D eigenvalue weighted by Gasteiger charge is -2.34. The molecule has 1 aliphatic heterocycles. The fourth-order valence-corrected chi connectivity index (χ4v) is 4.69. The van der Waals surface area contributed by atoms with E-state index < -0.39 is 0 Å². The summed E-state index contributed by atoms with van der Waals surface area (Å²) in [7, 11) is 1.91. The fraction of sp³-hybridized carbons (Fsp3) is 0.545. The number of carbonyl (C=O) groups excluding carboxylic acids is 1. The molecule has 1 atom stereocenters. The fourth-order valence-electron chi connectivity index (χ4n) is 3.76. The van der Waals surface area contributed by atoms with Crippen LogP contribution in [0.1, 0.15) is 53.7 Å². The Hall–Kier alpha value is -1.43. The number of rotatable bonds is 7. The molecular formula is C22H30ClN3OS. The Balaban J connectivity index is 1.49. The molecule has 1 aliphatic rings. The number of halogens is 1. The first-order valence-electron chi connectivity index (χ1n) is 10.1. The van der Waals surface area contributed by atoms with Crippen molar-refractivity contribution in [3.8, 4) is 0 Å². The van der Waals surface area contributed by atoms with Gasteiger partial charge in [-0.2, -0.15) is 0 Å². The van der Waals surface area contributed by atoms with Gasteiger partial charge in [0.05, 0.1) is 5.01 Å². The van der Waals surface area contributed by atoms with Gasteiger partial charge >= 0.3 is 0 Å². The van der Waals surface area contributed by atoms with E-state index in [1.165, 1.54) is 18.4 Å². The van der Waals surface area contributed by atoms with E-state index in [1.54, 1.807) is 11.3 Å². The van der Waals surface area contributed by atoms with Gasteiger partial charge in [0.15, 0.2) is 0 Å². The van der Waals surface area contributed by atoms with Gasteiger partial charge in [-0.05, 0) is 49.4 Å². The number of benzene rings is 1. The molecule has 3 rings (SSSR count). The average Bonchev–Trinajstić information content (AvgIpc) is 3.18. The standard InChI is InChI=1S/C22H30ClN3OS/c1-16(2)21-24-20(15-28-21)22(27)25(3)13-18-5-4-11-26(14-18)12-10-17-6-8-19(23)9-7-17/h6-9,15-16,18H,4-5,10-14H2,1-3H3/t18-/m1/s1. The number of aromatic nitrogens is 1. The first-order valence-corrected chi connectivity index (χ1v) is 11.4. The van der Waals surface area contributed by atoms with Crippen LogP contribution in [0.2, 0.25) is 5.02 Å². The van der Waals surface area contributed by atoms with E-state index in [0.717, 1.165) is 42.6 Å². The second-order valence-electron chi connectivity index (χ2n) is 8.10. The molecule has 4 nitrogen and oxygen atoms in total. The van der Waals surface area contributed by atoms with E-state index in [4.69, 9.17) is 11.6 Å². The zero-order valence-corrected chi connectivity index (χ0v) is 18.6. The lowest BCUT2D eigenvalue weighted by molar-refractivity contribution is 0.0725. The summed E-state index contributed by atoms with van der Waals surface area (Å²) in [6, 6.07) is 8.13. The lowest BCUT2D eigenvalue weighted by atomic mass is 9.97. The number of carbonyl (C=O) groups is 1. The van der Waals surface area contributed by atoms with E-state index in [-0.39, 0.29) is 5.91 Å². The summed E-state index contributed by atoms with van der Waals surface area (Å²) >= 11 is 7.55. The molecule has 0 unspecified atom stereocenters. The van der Waals surface area contributed by atoms with E-state index in [1.807, 2.05) is 29.5 Å². The van der Waals surface area contributed by atoms with Crippen molar-refractivity contribution < 1.29 is 4.79 Å². The van der Waals surface area contributed by atoms with Gasteiger partial charge in [0.2, 0.25) is 0 Å². The maximum atomic E-state index is 12.7. The summed E-state index contributed by atoms with van der Waals surface area (Å²) in [4.78, 5) is 21.6. The lowest BCUT2D eigenvalue weighted by Crippen LogP contribution is -2.42. The predicted octanol–water partition coefficient (Wildman–Crippen LogP) is 4.95. The highest BCUT2D eigenvalue weighted by atomic mass is 35.5. The SMILES string of the molecule is CC(C)c1nc(C(=O)N(C)C[C@H]2CCCN(CCc3ccc(Cl)cc3)C2)cs1. The Labute approximate surface area is 177 Å². The number of hydrogen-bond acceptors (Lipinski definition) is 4. The summed E-state index contributed by atoms with van der Waals surface area (Å²) in [6.45, 7) is 8.27. The number of likely N-dealkylation sites (tertiary alicyclic amines) is 1. The van der Waals surface area contributed by atoms with Crippen molar-refractivity contribution in [2.24, 2.45) is 5.92 Å². The van der Waals surface area contributed by atoms with Crippen LogP contribution in [0.4, 0.5) is 0 Å². The highest BCUT2D eigenvalue weighted by molar-refractivity contribution is 7.09. The molecule has 0 saturated carbocycles. The van der Waals surface area contributed by atoms with Crippen LogP contribution in [0.5, 0.6) is 0 Å². The van der Waals surface area contributed by atoms with Gasteiger partial charge in [-0.25, -0.2) is 4.98 Å². The first kappa shape index (κ1) is 21.3. The summed E-state index contributed by atoms with van der Waals surface area (Å²) in [6.07, 6.45) is 3.42. The van der Waals surface area contributed by atoms with Gasteiger partial charge in [-0.1, -0.05) is 37.6 Å². The van der Waals surface area contributed by atoms with Crippen molar-refractivity contribution in [1.82, 2.24) is 14.8 Å². The van der Waals surface area contributed by atoms with Gasteiger partial charge in [0.25, 0.3) is 5.91 Å². The van der Waals surface area contributed by atoms with E-state index >= 15 is 0 Å². The van der Waals surface area contributed by atoms with Crippen LogP contribution in [0.15, 0.2) is 29.6 Å². The number of hydrogen-bond donors (Lipinski definition) is 0. The highest BCUT2D eigenvalue weighted by Gasteiger charge is 2.24. The molecule has 2 heterocycles. The minimum absolute atomic E-state index is 0.0430. The summed E-state index contributed by atoms with van der Waals surface area (Å²) < 4.78 is 0. The van der Waals surface area contributed by atoms with Crippen LogP contribution in [-0.4, -0.2) is 53.9 Å². The predicted molar refractivity (Wildman–Crippen MR) is 117 cm³/mol. The maximum absolute atomic E-state index is 12.7. The smallest absolute Gasteiger partial charge is 0.273 e. The van der Waals surface area contributed by atoms with E-state index in [9.17, 15) is 4.79 Å². The van der Waals surface area contributed by atoms with Crippen LogP contribution in [0.25, 0.3) is 0 Å². The van der Waals surface area contributed by atoms with Crippen LogP contribution in [0.3, 0.4) is 0 Å². The molecule has 1 saturated heterocycles. The minimum atomic E-state index is 0.0430. The average molecular weight is 420 g/mol. The third-order valence-corrected chi connectivity index (χ3v) is 6.74.